The number of fused-ring (bicyclic) bond motifs is 3. The summed E-state index contributed by atoms with van der Waals surface area (Å²) in [5, 5.41) is 10.8. The fourth-order valence-corrected chi connectivity index (χ4v) is 4.21. The number of carbonyl (C=O) groups excluding carboxylic acids is 2. The zero-order valence-corrected chi connectivity index (χ0v) is 18.9. The third-order valence-electron chi connectivity index (χ3n) is 5.87. The van der Waals surface area contributed by atoms with Crippen LogP contribution in [0, 0.1) is 0 Å². The van der Waals surface area contributed by atoms with E-state index in [1.54, 1.807) is 36.7 Å². The van der Waals surface area contributed by atoms with Crippen molar-refractivity contribution in [3.63, 3.8) is 0 Å². The van der Waals surface area contributed by atoms with Crippen LogP contribution in [0.5, 0.6) is 5.75 Å². The molecule has 0 fully saturated rings. The largest absolute Gasteiger partial charge is 0.496 e. The normalized spacial score (nSPS) is 12.5. The number of rotatable bonds is 3. The molecule has 0 saturated carbocycles. The minimum Gasteiger partial charge on any atom is -0.496 e. The SMILES string of the molecule is COc1cccc2c1C(=O)N(c1ccnc3ccccc13)C2=O.OCc1ccnc2ccccc12. The molecular formula is C28H21N3O4. The van der Waals surface area contributed by atoms with Gasteiger partial charge in [0.25, 0.3) is 11.8 Å². The van der Waals surface area contributed by atoms with E-state index in [2.05, 4.69) is 9.97 Å². The molecule has 1 N–H and O–H groups in total. The Morgan fingerprint density at radius 2 is 1.43 bits per heavy atom. The van der Waals surface area contributed by atoms with Crippen molar-refractivity contribution in [2.45, 2.75) is 6.61 Å². The van der Waals surface area contributed by atoms with Gasteiger partial charge in [-0.2, -0.15) is 0 Å². The number of para-hydroxylation sites is 2. The molecule has 0 bridgehead atoms. The highest BCUT2D eigenvalue weighted by molar-refractivity contribution is 6.36. The lowest BCUT2D eigenvalue weighted by molar-refractivity contribution is 0.0926. The van der Waals surface area contributed by atoms with Crippen LogP contribution in [0.3, 0.4) is 0 Å². The maximum absolute atomic E-state index is 12.8. The molecule has 0 spiro atoms. The number of aliphatic hydroxyl groups excluding tert-OH is 1. The van der Waals surface area contributed by atoms with E-state index in [1.807, 2.05) is 54.6 Å². The van der Waals surface area contributed by atoms with Crippen LogP contribution in [0.2, 0.25) is 0 Å². The van der Waals surface area contributed by atoms with Gasteiger partial charge in [-0.15, -0.1) is 0 Å². The Morgan fingerprint density at radius 3 is 2.14 bits per heavy atom. The van der Waals surface area contributed by atoms with E-state index in [1.165, 1.54) is 12.0 Å². The first-order valence-corrected chi connectivity index (χ1v) is 11.0. The average Bonchev–Trinajstić information content (AvgIpc) is 3.18. The third kappa shape index (κ3) is 3.88. The summed E-state index contributed by atoms with van der Waals surface area (Å²) in [4.78, 5) is 35.2. The molecule has 2 amide bonds. The molecule has 7 nitrogen and oxygen atoms in total. The minimum atomic E-state index is -0.376. The average molecular weight is 463 g/mol. The van der Waals surface area contributed by atoms with Gasteiger partial charge in [-0.1, -0.05) is 42.5 Å². The molecule has 5 aromatic rings. The first-order chi connectivity index (χ1) is 17.1. The first kappa shape index (κ1) is 22.2. The molecule has 0 atom stereocenters. The second-order valence-electron chi connectivity index (χ2n) is 7.82. The summed E-state index contributed by atoms with van der Waals surface area (Å²) in [6.07, 6.45) is 3.31. The Morgan fingerprint density at radius 1 is 0.771 bits per heavy atom. The fourth-order valence-electron chi connectivity index (χ4n) is 4.21. The zero-order valence-electron chi connectivity index (χ0n) is 18.9. The van der Waals surface area contributed by atoms with Crippen LogP contribution in [0.1, 0.15) is 26.3 Å². The molecule has 35 heavy (non-hydrogen) atoms. The number of amides is 2. The summed E-state index contributed by atoms with van der Waals surface area (Å²) < 4.78 is 5.24. The topological polar surface area (TPSA) is 92.6 Å². The van der Waals surface area contributed by atoms with Crippen LogP contribution in [0.25, 0.3) is 21.8 Å². The summed E-state index contributed by atoms with van der Waals surface area (Å²) in [5.74, 6) is -0.319. The lowest BCUT2D eigenvalue weighted by atomic mass is 10.1. The molecule has 1 aliphatic rings. The predicted molar refractivity (Wildman–Crippen MR) is 134 cm³/mol. The number of ether oxygens (including phenoxy) is 1. The maximum Gasteiger partial charge on any atom is 0.269 e. The van der Waals surface area contributed by atoms with Crippen molar-refractivity contribution in [3.05, 3.63) is 108 Å². The molecule has 7 heteroatoms. The van der Waals surface area contributed by atoms with E-state index in [-0.39, 0.29) is 18.4 Å². The number of anilines is 1. The van der Waals surface area contributed by atoms with E-state index in [0.717, 1.165) is 27.4 Å². The number of hydrogen-bond donors (Lipinski definition) is 1. The number of carbonyl (C=O) groups is 2. The van der Waals surface area contributed by atoms with Crippen molar-refractivity contribution in [1.82, 2.24) is 9.97 Å². The molecule has 1 aliphatic heterocycles. The van der Waals surface area contributed by atoms with Gasteiger partial charge in [0.2, 0.25) is 0 Å². The van der Waals surface area contributed by atoms with Gasteiger partial charge < -0.3 is 9.84 Å². The van der Waals surface area contributed by atoms with Crippen molar-refractivity contribution < 1.29 is 19.4 Å². The molecule has 3 heterocycles. The predicted octanol–water partition coefficient (Wildman–Crippen LogP) is 4.77. The number of pyridine rings is 2. The highest BCUT2D eigenvalue weighted by Gasteiger charge is 2.39. The van der Waals surface area contributed by atoms with Crippen molar-refractivity contribution in [2.24, 2.45) is 0 Å². The van der Waals surface area contributed by atoms with Crippen LogP contribution in [0.4, 0.5) is 5.69 Å². The van der Waals surface area contributed by atoms with Crippen LogP contribution in [-0.4, -0.2) is 34.0 Å². The van der Waals surface area contributed by atoms with Crippen LogP contribution >= 0.6 is 0 Å². The van der Waals surface area contributed by atoms with Crippen molar-refractivity contribution in [3.8, 4) is 5.75 Å². The summed E-state index contributed by atoms with van der Waals surface area (Å²) in [6.45, 7) is 0.0725. The van der Waals surface area contributed by atoms with E-state index >= 15 is 0 Å². The third-order valence-corrected chi connectivity index (χ3v) is 5.87. The molecule has 0 radical (unpaired) electrons. The monoisotopic (exact) mass is 463 g/mol. The number of imide groups is 1. The summed E-state index contributed by atoms with van der Waals surface area (Å²) in [5.41, 5.74) is 3.79. The highest BCUT2D eigenvalue weighted by Crippen LogP contribution is 2.36. The van der Waals surface area contributed by atoms with E-state index < -0.39 is 0 Å². The summed E-state index contributed by atoms with van der Waals surface area (Å²) in [7, 11) is 1.48. The molecule has 6 rings (SSSR count). The van der Waals surface area contributed by atoms with Gasteiger partial charge in [0.15, 0.2) is 0 Å². The molecule has 2 aromatic heterocycles. The number of aromatic nitrogens is 2. The van der Waals surface area contributed by atoms with Gasteiger partial charge in [-0.3, -0.25) is 19.6 Å². The smallest absolute Gasteiger partial charge is 0.269 e. The molecule has 0 unspecified atom stereocenters. The number of nitrogens with zero attached hydrogens (tertiary/aromatic N) is 3. The first-order valence-electron chi connectivity index (χ1n) is 11.0. The standard InChI is InChI=1S/C18H12N2O3.C10H9NO/c1-23-15-8-4-6-12-16(15)18(22)20(17(12)21)14-9-10-19-13-7-3-2-5-11(13)14;12-7-8-5-6-11-10-4-2-1-3-9(8)10/h2-10H,1H3;1-6,12H,7H2. The van der Waals surface area contributed by atoms with Crippen LogP contribution < -0.4 is 9.64 Å². The van der Waals surface area contributed by atoms with Crippen LogP contribution in [0.15, 0.2) is 91.3 Å². The Bertz CT molecular complexity index is 1570. The lowest BCUT2D eigenvalue weighted by Crippen LogP contribution is -2.29. The minimum absolute atomic E-state index is 0.0725. The number of hydrogen-bond acceptors (Lipinski definition) is 6. The second kappa shape index (κ2) is 9.32. The fraction of sp³-hybridized carbons (Fsp3) is 0.0714. The van der Waals surface area contributed by atoms with Gasteiger partial charge in [-0.25, -0.2) is 4.90 Å². The Balaban J connectivity index is 0.000000178. The summed E-state index contributed by atoms with van der Waals surface area (Å²) in [6, 6.07) is 23.7. The van der Waals surface area contributed by atoms with Gasteiger partial charge >= 0.3 is 0 Å². The Kier molecular flexibility index (Phi) is 5.91. The second-order valence-corrected chi connectivity index (χ2v) is 7.82. The number of aliphatic hydroxyl groups is 1. The Hall–Kier alpha value is -4.62. The summed E-state index contributed by atoms with van der Waals surface area (Å²) >= 11 is 0. The zero-order chi connectivity index (χ0) is 24.4. The number of methoxy groups -OCH3 is 1. The van der Waals surface area contributed by atoms with E-state index in [4.69, 9.17) is 9.84 Å². The Labute approximate surface area is 201 Å². The van der Waals surface area contributed by atoms with Crippen molar-refractivity contribution in [2.75, 3.05) is 12.0 Å². The van der Waals surface area contributed by atoms with Crippen molar-refractivity contribution >= 4 is 39.3 Å². The molecule has 0 aliphatic carbocycles. The van der Waals surface area contributed by atoms with E-state index in [0.29, 0.717) is 22.6 Å². The quantitative estimate of drug-likeness (QED) is 0.388. The molecule has 0 saturated heterocycles. The van der Waals surface area contributed by atoms with Gasteiger partial charge in [0.1, 0.15) is 5.75 Å². The van der Waals surface area contributed by atoms with Crippen LogP contribution in [-0.2, 0) is 6.61 Å². The highest BCUT2D eigenvalue weighted by atomic mass is 16.5. The lowest BCUT2D eigenvalue weighted by Gasteiger charge is -2.16. The maximum atomic E-state index is 12.8. The van der Waals surface area contributed by atoms with Crippen molar-refractivity contribution in [1.29, 1.82) is 0 Å². The molecule has 172 valence electrons. The van der Waals surface area contributed by atoms with Gasteiger partial charge in [0.05, 0.1) is 41.6 Å². The molecular weight excluding hydrogens is 442 g/mol. The molecule has 3 aromatic carbocycles. The van der Waals surface area contributed by atoms with Gasteiger partial charge in [0, 0.05) is 23.2 Å². The van der Waals surface area contributed by atoms with E-state index in [9.17, 15) is 9.59 Å². The number of benzene rings is 3. The van der Waals surface area contributed by atoms with Gasteiger partial charge in [-0.05, 0) is 42.0 Å².